The second kappa shape index (κ2) is 3.53. The van der Waals surface area contributed by atoms with E-state index in [1.165, 1.54) is 0 Å². The predicted molar refractivity (Wildman–Crippen MR) is 41.2 cm³/mol. The van der Waals surface area contributed by atoms with Crippen molar-refractivity contribution >= 4 is 0 Å². The van der Waals surface area contributed by atoms with Crippen LogP contribution in [0.15, 0.2) is 0 Å². The van der Waals surface area contributed by atoms with Gasteiger partial charge in [0.2, 0.25) is 0 Å². The molecular weight excluding hydrogens is 110 g/mol. The Morgan fingerprint density at radius 3 is 2.44 bits per heavy atom. The minimum absolute atomic E-state index is 0.201. The van der Waals surface area contributed by atoms with Gasteiger partial charge in [0.15, 0.2) is 0 Å². The molecule has 0 aliphatic heterocycles. The molecule has 0 aromatic carbocycles. The molecule has 0 spiro atoms. The largest absolute Gasteiger partial charge is 0.315 e. The predicted octanol–water partition coefficient (Wildman–Crippen LogP) is 1.40. The summed E-state index contributed by atoms with van der Waals surface area (Å²) in [6.45, 7) is 4.29. The molecule has 1 heteroatoms. The third-order valence-corrected chi connectivity index (χ3v) is 1.57. The van der Waals surface area contributed by atoms with E-state index in [1.54, 1.807) is 0 Å². The smallest absolute Gasteiger partial charge is 0.0131 e. The van der Waals surface area contributed by atoms with Crippen molar-refractivity contribution in [2.45, 2.75) is 32.2 Å². The van der Waals surface area contributed by atoms with E-state index >= 15 is 0 Å². The Kier molecular flexibility index (Phi) is 3.34. The summed E-state index contributed by atoms with van der Waals surface area (Å²) in [5.41, 5.74) is 0.201. The third kappa shape index (κ3) is 4.05. The Morgan fingerprint density at radius 2 is 2.11 bits per heavy atom. The van der Waals surface area contributed by atoms with Gasteiger partial charge in [-0.15, -0.1) is 12.3 Å². The molecule has 0 aromatic rings. The highest BCUT2D eigenvalue weighted by atomic mass is 14.9. The maximum absolute atomic E-state index is 5.11. The van der Waals surface area contributed by atoms with E-state index < -0.39 is 0 Å². The van der Waals surface area contributed by atoms with E-state index in [4.69, 9.17) is 6.42 Å². The first-order valence-corrected chi connectivity index (χ1v) is 3.25. The second-order valence-electron chi connectivity index (χ2n) is 2.84. The van der Waals surface area contributed by atoms with Gasteiger partial charge in [-0.2, -0.15) is 0 Å². The summed E-state index contributed by atoms with van der Waals surface area (Å²) in [4.78, 5) is 0. The zero-order chi connectivity index (χ0) is 7.33. The average molecular weight is 125 g/mol. The fourth-order valence-corrected chi connectivity index (χ4v) is 0.510. The maximum atomic E-state index is 5.11. The van der Waals surface area contributed by atoms with Crippen LogP contribution < -0.4 is 5.32 Å². The van der Waals surface area contributed by atoms with Crippen LogP contribution in [0.25, 0.3) is 0 Å². The van der Waals surface area contributed by atoms with Crippen molar-refractivity contribution in [2.75, 3.05) is 7.05 Å². The van der Waals surface area contributed by atoms with Gasteiger partial charge in [0.1, 0.15) is 0 Å². The molecule has 0 atom stereocenters. The van der Waals surface area contributed by atoms with Crippen LogP contribution in [0.2, 0.25) is 0 Å². The molecule has 0 rings (SSSR count). The zero-order valence-corrected chi connectivity index (χ0v) is 6.49. The number of nitrogens with one attached hydrogen (secondary N) is 1. The summed E-state index contributed by atoms with van der Waals surface area (Å²) in [6.07, 6.45) is 7.01. The first-order chi connectivity index (χ1) is 4.12. The second-order valence-corrected chi connectivity index (χ2v) is 2.84. The Balaban J connectivity index is 3.48. The minimum atomic E-state index is 0.201. The Morgan fingerprint density at radius 1 is 1.56 bits per heavy atom. The van der Waals surface area contributed by atoms with E-state index in [2.05, 4.69) is 25.1 Å². The van der Waals surface area contributed by atoms with Crippen molar-refractivity contribution < 1.29 is 0 Å². The van der Waals surface area contributed by atoms with Crippen LogP contribution >= 0.6 is 0 Å². The number of rotatable bonds is 3. The Hall–Kier alpha value is -0.480. The quantitative estimate of drug-likeness (QED) is 0.562. The summed E-state index contributed by atoms with van der Waals surface area (Å²) in [6, 6.07) is 0. The molecule has 0 aromatic heterocycles. The molecule has 0 bridgehead atoms. The lowest BCUT2D eigenvalue weighted by Gasteiger charge is -2.22. The fourth-order valence-electron chi connectivity index (χ4n) is 0.510. The molecule has 0 radical (unpaired) electrons. The molecule has 0 heterocycles. The summed E-state index contributed by atoms with van der Waals surface area (Å²) >= 11 is 0. The highest BCUT2D eigenvalue weighted by Gasteiger charge is 2.11. The fraction of sp³-hybridized carbons (Fsp3) is 0.750. The Labute approximate surface area is 57.8 Å². The van der Waals surface area contributed by atoms with Crippen LogP contribution in [-0.2, 0) is 0 Å². The van der Waals surface area contributed by atoms with Crippen LogP contribution in [-0.4, -0.2) is 12.6 Å². The van der Waals surface area contributed by atoms with Gasteiger partial charge in [-0.1, -0.05) is 0 Å². The van der Waals surface area contributed by atoms with E-state index in [9.17, 15) is 0 Å². The summed E-state index contributed by atoms with van der Waals surface area (Å²) in [5.74, 6) is 2.62. The first kappa shape index (κ1) is 8.52. The number of hydrogen-bond donors (Lipinski definition) is 1. The molecule has 0 amide bonds. The molecule has 0 aliphatic rings. The van der Waals surface area contributed by atoms with Gasteiger partial charge in [0.05, 0.1) is 0 Å². The van der Waals surface area contributed by atoms with Gasteiger partial charge < -0.3 is 5.32 Å². The van der Waals surface area contributed by atoms with Crippen LogP contribution in [0.4, 0.5) is 0 Å². The van der Waals surface area contributed by atoms with Crippen molar-refractivity contribution in [2.24, 2.45) is 0 Å². The lowest BCUT2D eigenvalue weighted by atomic mass is 9.99. The lowest BCUT2D eigenvalue weighted by molar-refractivity contribution is 0.399. The van der Waals surface area contributed by atoms with Crippen LogP contribution in [0.1, 0.15) is 26.7 Å². The Bertz CT molecular complexity index is 108. The highest BCUT2D eigenvalue weighted by Crippen LogP contribution is 2.08. The van der Waals surface area contributed by atoms with Gasteiger partial charge in [-0.3, -0.25) is 0 Å². The molecule has 0 saturated heterocycles. The molecule has 0 fully saturated rings. The minimum Gasteiger partial charge on any atom is -0.315 e. The molecule has 9 heavy (non-hydrogen) atoms. The van der Waals surface area contributed by atoms with Gasteiger partial charge in [-0.25, -0.2) is 0 Å². The van der Waals surface area contributed by atoms with Crippen LogP contribution in [0, 0.1) is 12.3 Å². The van der Waals surface area contributed by atoms with Crippen molar-refractivity contribution in [1.82, 2.24) is 5.32 Å². The van der Waals surface area contributed by atoms with E-state index in [0.29, 0.717) is 0 Å². The number of terminal acetylenes is 1. The molecular formula is C8H15N. The van der Waals surface area contributed by atoms with E-state index in [1.807, 2.05) is 7.05 Å². The zero-order valence-electron chi connectivity index (χ0n) is 6.49. The SMILES string of the molecule is C#CCCC(C)(C)NC. The van der Waals surface area contributed by atoms with Gasteiger partial charge >= 0.3 is 0 Å². The monoisotopic (exact) mass is 125 g/mol. The normalized spacial score (nSPS) is 10.9. The van der Waals surface area contributed by atoms with Gasteiger partial charge in [0.25, 0.3) is 0 Å². The summed E-state index contributed by atoms with van der Waals surface area (Å²) < 4.78 is 0. The molecule has 52 valence electrons. The van der Waals surface area contributed by atoms with Crippen molar-refractivity contribution in [3.63, 3.8) is 0 Å². The van der Waals surface area contributed by atoms with Crippen LogP contribution in [0.3, 0.4) is 0 Å². The topological polar surface area (TPSA) is 12.0 Å². The molecule has 0 aliphatic carbocycles. The van der Waals surface area contributed by atoms with Crippen molar-refractivity contribution in [3.8, 4) is 12.3 Å². The lowest BCUT2D eigenvalue weighted by Crippen LogP contribution is -2.35. The highest BCUT2D eigenvalue weighted by molar-refractivity contribution is 4.88. The number of hydrogen-bond acceptors (Lipinski definition) is 1. The first-order valence-electron chi connectivity index (χ1n) is 3.25. The average Bonchev–Trinajstić information content (AvgIpc) is 1.84. The third-order valence-electron chi connectivity index (χ3n) is 1.57. The summed E-state index contributed by atoms with van der Waals surface area (Å²) in [5, 5.41) is 3.18. The van der Waals surface area contributed by atoms with Gasteiger partial charge in [-0.05, 0) is 27.3 Å². The van der Waals surface area contributed by atoms with Crippen molar-refractivity contribution in [1.29, 1.82) is 0 Å². The van der Waals surface area contributed by atoms with Gasteiger partial charge in [0, 0.05) is 12.0 Å². The summed E-state index contributed by atoms with van der Waals surface area (Å²) in [7, 11) is 1.95. The van der Waals surface area contributed by atoms with Crippen molar-refractivity contribution in [3.05, 3.63) is 0 Å². The molecule has 0 unspecified atom stereocenters. The molecule has 0 saturated carbocycles. The standard InChI is InChI=1S/C8H15N/c1-5-6-7-8(2,3)9-4/h1,9H,6-7H2,2-4H3. The maximum Gasteiger partial charge on any atom is 0.0131 e. The molecule has 1 nitrogen and oxygen atoms in total. The van der Waals surface area contributed by atoms with Crippen LogP contribution in [0.5, 0.6) is 0 Å². The van der Waals surface area contributed by atoms with E-state index in [0.717, 1.165) is 12.8 Å². The molecule has 1 N–H and O–H groups in total. The van der Waals surface area contributed by atoms with E-state index in [-0.39, 0.29) is 5.54 Å².